The molecule has 1 aromatic heterocycles. The third-order valence-corrected chi connectivity index (χ3v) is 4.09. The number of rotatable bonds is 3. The summed E-state index contributed by atoms with van der Waals surface area (Å²) in [5.74, 6) is 0. The van der Waals surface area contributed by atoms with Crippen LogP contribution in [0.1, 0.15) is 30.7 Å². The van der Waals surface area contributed by atoms with Crippen LogP contribution in [0.25, 0.3) is 5.57 Å². The number of amides is 1. The first-order valence-corrected chi connectivity index (χ1v) is 7.17. The van der Waals surface area contributed by atoms with Crippen LogP contribution in [-0.2, 0) is 4.74 Å². The zero-order valence-corrected chi connectivity index (χ0v) is 13.1. The topological polar surface area (TPSA) is 62.7 Å². The molecule has 0 aliphatic carbocycles. The molecule has 0 radical (unpaired) electrons. The van der Waals surface area contributed by atoms with Crippen LogP contribution in [0, 0.1) is 0 Å². The van der Waals surface area contributed by atoms with Gasteiger partial charge in [-0.15, -0.1) is 0 Å². The normalized spacial score (nSPS) is 16.8. The molecular formula is C14H17BrN2O3. The molecule has 2 rings (SSSR count). The number of ether oxygens (including phenoxy) is 1. The van der Waals surface area contributed by atoms with Crippen molar-refractivity contribution in [2.45, 2.75) is 19.4 Å². The van der Waals surface area contributed by atoms with Gasteiger partial charge in [0.15, 0.2) is 0 Å². The number of nitrogens with zero attached hydrogens (tertiary/aromatic N) is 2. The van der Waals surface area contributed by atoms with Crippen molar-refractivity contribution < 1.29 is 14.6 Å². The lowest BCUT2D eigenvalue weighted by molar-refractivity contribution is 0.115. The van der Waals surface area contributed by atoms with Crippen molar-refractivity contribution in [3.63, 3.8) is 0 Å². The van der Waals surface area contributed by atoms with Gasteiger partial charge in [-0.05, 0) is 46.5 Å². The Bertz CT molecular complexity index is 545. The van der Waals surface area contributed by atoms with Gasteiger partial charge < -0.3 is 14.7 Å². The predicted octanol–water partition coefficient (Wildman–Crippen LogP) is 3.32. The van der Waals surface area contributed by atoms with Crippen molar-refractivity contribution in [3.05, 3.63) is 34.1 Å². The summed E-state index contributed by atoms with van der Waals surface area (Å²) in [4.78, 5) is 16.7. The lowest BCUT2D eigenvalue weighted by Crippen LogP contribution is -2.33. The molecule has 0 aromatic carbocycles. The number of hydrogen-bond acceptors (Lipinski definition) is 3. The van der Waals surface area contributed by atoms with Gasteiger partial charge >= 0.3 is 6.09 Å². The fourth-order valence-electron chi connectivity index (χ4n) is 2.14. The van der Waals surface area contributed by atoms with E-state index in [0.29, 0.717) is 19.5 Å². The van der Waals surface area contributed by atoms with Crippen molar-refractivity contribution in [1.29, 1.82) is 0 Å². The lowest BCUT2D eigenvalue weighted by Gasteiger charge is -2.24. The maximum atomic E-state index is 10.9. The van der Waals surface area contributed by atoms with Crippen LogP contribution in [-0.4, -0.2) is 41.3 Å². The molecule has 1 atom stereocenters. The van der Waals surface area contributed by atoms with E-state index < -0.39 is 6.09 Å². The first kappa shape index (κ1) is 15.0. The van der Waals surface area contributed by atoms with E-state index in [1.165, 1.54) is 4.90 Å². The van der Waals surface area contributed by atoms with Crippen molar-refractivity contribution in [1.82, 2.24) is 9.88 Å². The third-order valence-electron chi connectivity index (χ3n) is 3.46. The molecule has 5 nitrogen and oxygen atoms in total. The summed E-state index contributed by atoms with van der Waals surface area (Å²) in [6, 6.07) is 2.01. The van der Waals surface area contributed by atoms with E-state index >= 15 is 0 Å². The van der Waals surface area contributed by atoms with E-state index in [4.69, 9.17) is 9.84 Å². The molecule has 1 aliphatic heterocycles. The number of halogens is 1. The van der Waals surface area contributed by atoms with Crippen molar-refractivity contribution in [2.75, 3.05) is 20.2 Å². The minimum absolute atomic E-state index is 0.0683. The third kappa shape index (κ3) is 3.19. The Balaban J connectivity index is 2.19. The summed E-state index contributed by atoms with van der Waals surface area (Å²) < 4.78 is 6.17. The standard InChI is InChI=1S/C14H17BrN2O3/c1-9(20-2)13-12(15)7-11(8-16-13)10-3-5-17(6-4-10)14(18)19/h3,7-9H,4-6H2,1-2H3,(H,18,19)/t9-/m0/s1. The van der Waals surface area contributed by atoms with Gasteiger partial charge in [0.2, 0.25) is 0 Å². The predicted molar refractivity (Wildman–Crippen MR) is 79.6 cm³/mol. The van der Waals surface area contributed by atoms with Crippen LogP contribution in [0.15, 0.2) is 22.8 Å². The Morgan fingerprint density at radius 1 is 1.60 bits per heavy atom. The summed E-state index contributed by atoms with van der Waals surface area (Å²) in [5, 5.41) is 8.93. The number of aromatic nitrogens is 1. The first-order valence-electron chi connectivity index (χ1n) is 6.38. The van der Waals surface area contributed by atoms with Crippen LogP contribution >= 0.6 is 15.9 Å². The quantitative estimate of drug-likeness (QED) is 0.916. The summed E-state index contributed by atoms with van der Waals surface area (Å²) in [7, 11) is 1.65. The van der Waals surface area contributed by atoms with E-state index in [2.05, 4.69) is 20.9 Å². The van der Waals surface area contributed by atoms with Crippen LogP contribution in [0.2, 0.25) is 0 Å². The molecule has 0 saturated heterocycles. The highest BCUT2D eigenvalue weighted by Gasteiger charge is 2.18. The zero-order chi connectivity index (χ0) is 14.7. The van der Waals surface area contributed by atoms with Crippen LogP contribution in [0.4, 0.5) is 4.79 Å². The zero-order valence-electron chi connectivity index (χ0n) is 11.5. The summed E-state index contributed by atoms with van der Waals surface area (Å²) >= 11 is 3.52. The number of pyridine rings is 1. The Morgan fingerprint density at radius 3 is 2.85 bits per heavy atom. The molecule has 1 N–H and O–H groups in total. The smallest absolute Gasteiger partial charge is 0.407 e. The molecule has 1 aliphatic rings. The van der Waals surface area contributed by atoms with Gasteiger partial charge in [0.25, 0.3) is 0 Å². The van der Waals surface area contributed by atoms with Gasteiger partial charge in [0, 0.05) is 30.9 Å². The van der Waals surface area contributed by atoms with Gasteiger partial charge in [-0.2, -0.15) is 0 Å². The molecule has 0 saturated carbocycles. The molecule has 6 heteroatoms. The highest BCUT2D eigenvalue weighted by Crippen LogP contribution is 2.28. The molecule has 0 unspecified atom stereocenters. The van der Waals surface area contributed by atoms with Crippen LogP contribution in [0.5, 0.6) is 0 Å². The monoisotopic (exact) mass is 340 g/mol. The summed E-state index contributed by atoms with van der Waals surface area (Å²) in [6.45, 7) is 2.89. The second-order valence-electron chi connectivity index (χ2n) is 4.68. The number of carbonyl (C=O) groups is 1. The number of hydrogen-bond donors (Lipinski definition) is 1. The summed E-state index contributed by atoms with van der Waals surface area (Å²) in [6.07, 6.45) is 3.53. The van der Waals surface area contributed by atoms with Crippen molar-refractivity contribution in [2.24, 2.45) is 0 Å². The molecule has 1 aromatic rings. The van der Waals surface area contributed by atoms with Crippen LogP contribution in [0.3, 0.4) is 0 Å². The van der Waals surface area contributed by atoms with E-state index in [9.17, 15) is 4.79 Å². The van der Waals surface area contributed by atoms with Gasteiger partial charge in [0.05, 0.1) is 11.8 Å². The number of methoxy groups -OCH3 is 1. The average molecular weight is 341 g/mol. The minimum atomic E-state index is -0.871. The highest BCUT2D eigenvalue weighted by molar-refractivity contribution is 9.10. The second kappa shape index (κ2) is 6.37. The average Bonchev–Trinajstić information content (AvgIpc) is 2.46. The maximum Gasteiger partial charge on any atom is 0.407 e. The van der Waals surface area contributed by atoms with E-state index in [1.54, 1.807) is 7.11 Å². The van der Waals surface area contributed by atoms with E-state index in [0.717, 1.165) is 21.3 Å². The largest absolute Gasteiger partial charge is 0.465 e. The lowest BCUT2D eigenvalue weighted by atomic mass is 10.0. The maximum absolute atomic E-state index is 10.9. The molecule has 20 heavy (non-hydrogen) atoms. The minimum Gasteiger partial charge on any atom is -0.465 e. The van der Waals surface area contributed by atoms with Crippen LogP contribution < -0.4 is 0 Å². The van der Waals surface area contributed by atoms with E-state index in [1.807, 2.05) is 25.3 Å². The van der Waals surface area contributed by atoms with Gasteiger partial charge in [-0.25, -0.2) is 4.79 Å². The van der Waals surface area contributed by atoms with Crippen molar-refractivity contribution in [3.8, 4) is 0 Å². The Morgan fingerprint density at radius 2 is 2.35 bits per heavy atom. The SMILES string of the molecule is CO[C@@H](C)c1ncc(C2=CCN(C(=O)O)CC2)cc1Br. The fraction of sp³-hybridized carbons (Fsp3) is 0.429. The Kier molecular flexibility index (Phi) is 4.77. The molecule has 0 bridgehead atoms. The Labute approximate surface area is 126 Å². The van der Waals surface area contributed by atoms with Gasteiger partial charge in [-0.1, -0.05) is 6.08 Å². The molecule has 108 valence electrons. The molecular weight excluding hydrogens is 324 g/mol. The summed E-state index contributed by atoms with van der Waals surface area (Å²) in [5.41, 5.74) is 3.01. The van der Waals surface area contributed by atoms with E-state index in [-0.39, 0.29) is 6.10 Å². The molecule has 0 spiro atoms. The first-order chi connectivity index (χ1) is 9.52. The Hall–Kier alpha value is -1.40. The second-order valence-corrected chi connectivity index (χ2v) is 5.53. The highest BCUT2D eigenvalue weighted by atomic mass is 79.9. The van der Waals surface area contributed by atoms with Gasteiger partial charge in [0.1, 0.15) is 0 Å². The fourth-order valence-corrected chi connectivity index (χ4v) is 2.81. The van der Waals surface area contributed by atoms with Crippen molar-refractivity contribution >= 4 is 27.6 Å². The number of carboxylic acid groups (broad SMARTS) is 1. The van der Waals surface area contributed by atoms with Gasteiger partial charge in [-0.3, -0.25) is 4.98 Å². The molecule has 1 amide bonds. The molecule has 2 heterocycles. The molecule has 0 fully saturated rings.